The maximum absolute atomic E-state index is 12.1. The number of hydrogen-bond donors (Lipinski definition) is 1. The summed E-state index contributed by atoms with van der Waals surface area (Å²) in [6.07, 6.45) is 4.57. The van der Waals surface area contributed by atoms with Gasteiger partial charge in [-0.2, -0.15) is 5.10 Å². The summed E-state index contributed by atoms with van der Waals surface area (Å²) < 4.78 is 3.22. The quantitative estimate of drug-likeness (QED) is 0.769. The van der Waals surface area contributed by atoms with E-state index in [0.717, 1.165) is 17.1 Å². The van der Waals surface area contributed by atoms with Crippen LogP contribution in [0.15, 0.2) is 34.7 Å². The minimum atomic E-state index is -0.318. The molecule has 0 fully saturated rings. The lowest BCUT2D eigenvalue weighted by atomic mass is 10.3. The molecule has 3 rings (SSSR count). The SMILES string of the molecule is CCCn1nc(C(=O)NCc2cn3ccsc3n2)ccc1=O. The molecule has 3 aromatic heterocycles. The molecule has 1 N–H and O–H groups in total. The van der Waals surface area contributed by atoms with Crippen LogP contribution in [0, 0.1) is 0 Å². The van der Waals surface area contributed by atoms with Crippen molar-refractivity contribution in [1.29, 1.82) is 0 Å². The van der Waals surface area contributed by atoms with E-state index >= 15 is 0 Å². The van der Waals surface area contributed by atoms with Crippen LogP contribution in [0.4, 0.5) is 0 Å². The molecule has 114 valence electrons. The molecule has 3 aromatic rings. The summed E-state index contributed by atoms with van der Waals surface area (Å²) in [6, 6.07) is 2.81. The fraction of sp³-hybridized carbons (Fsp3) is 0.286. The largest absolute Gasteiger partial charge is 0.345 e. The highest BCUT2D eigenvalue weighted by molar-refractivity contribution is 7.15. The van der Waals surface area contributed by atoms with Gasteiger partial charge in [-0.3, -0.25) is 14.0 Å². The molecular formula is C14H15N5O2S. The van der Waals surface area contributed by atoms with E-state index in [1.807, 2.05) is 29.1 Å². The van der Waals surface area contributed by atoms with Gasteiger partial charge in [0.15, 0.2) is 4.96 Å². The molecule has 0 radical (unpaired) electrons. The van der Waals surface area contributed by atoms with Gasteiger partial charge in [0.2, 0.25) is 0 Å². The number of carbonyl (C=O) groups excluding carboxylic acids is 1. The number of nitrogens with zero attached hydrogens (tertiary/aromatic N) is 4. The van der Waals surface area contributed by atoms with Crippen LogP contribution in [0.25, 0.3) is 4.96 Å². The highest BCUT2D eigenvalue weighted by Gasteiger charge is 2.10. The van der Waals surface area contributed by atoms with Gasteiger partial charge in [0.05, 0.1) is 12.2 Å². The van der Waals surface area contributed by atoms with Crippen molar-refractivity contribution in [3.05, 3.63) is 51.6 Å². The van der Waals surface area contributed by atoms with Crippen LogP contribution in [0.3, 0.4) is 0 Å². The molecule has 1 amide bonds. The first kappa shape index (κ1) is 14.5. The molecular weight excluding hydrogens is 302 g/mol. The van der Waals surface area contributed by atoms with Gasteiger partial charge in [-0.25, -0.2) is 9.67 Å². The Balaban J connectivity index is 1.70. The maximum atomic E-state index is 12.1. The molecule has 0 aliphatic rings. The van der Waals surface area contributed by atoms with Crippen LogP contribution in [0.1, 0.15) is 29.5 Å². The van der Waals surface area contributed by atoms with Crippen LogP contribution >= 0.6 is 11.3 Å². The van der Waals surface area contributed by atoms with E-state index in [-0.39, 0.29) is 17.2 Å². The van der Waals surface area contributed by atoms with E-state index in [4.69, 9.17) is 0 Å². The first-order valence-electron chi connectivity index (χ1n) is 6.95. The molecule has 0 saturated heterocycles. The standard InChI is InChI=1S/C14H15N5O2S/c1-2-5-19-12(20)4-3-11(17-19)13(21)15-8-10-9-18-6-7-22-14(18)16-10/h3-4,6-7,9H,2,5,8H2,1H3,(H,15,21). The zero-order chi connectivity index (χ0) is 15.5. The predicted octanol–water partition coefficient (Wildman–Crippen LogP) is 1.29. The zero-order valence-electron chi connectivity index (χ0n) is 12.0. The second-order valence-electron chi connectivity index (χ2n) is 4.79. The molecule has 0 aliphatic carbocycles. The van der Waals surface area contributed by atoms with Gasteiger partial charge in [0.1, 0.15) is 5.69 Å². The van der Waals surface area contributed by atoms with Crippen molar-refractivity contribution in [3.63, 3.8) is 0 Å². The molecule has 8 heteroatoms. The smallest absolute Gasteiger partial charge is 0.272 e. The van der Waals surface area contributed by atoms with Crippen LogP contribution in [0.5, 0.6) is 0 Å². The Morgan fingerprint density at radius 2 is 2.27 bits per heavy atom. The summed E-state index contributed by atoms with van der Waals surface area (Å²) in [7, 11) is 0. The fourth-order valence-corrected chi connectivity index (χ4v) is 2.78. The number of imidazole rings is 1. The number of carbonyl (C=O) groups is 1. The van der Waals surface area contributed by atoms with E-state index in [2.05, 4.69) is 15.4 Å². The minimum Gasteiger partial charge on any atom is -0.345 e. The number of aromatic nitrogens is 4. The van der Waals surface area contributed by atoms with Gasteiger partial charge in [-0.05, 0) is 12.5 Å². The Hall–Kier alpha value is -2.48. The third kappa shape index (κ3) is 2.91. The van der Waals surface area contributed by atoms with Crippen molar-refractivity contribution in [1.82, 2.24) is 24.5 Å². The van der Waals surface area contributed by atoms with E-state index in [1.54, 1.807) is 0 Å². The lowest BCUT2D eigenvalue weighted by molar-refractivity contribution is 0.0943. The van der Waals surface area contributed by atoms with Gasteiger partial charge in [0, 0.05) is 30.4 Å². The molecule has 0 aromatic carbocycles. The fourth-order valence-electron chi connectivity index (χ4n) is 2.06. The molecule has 0 saturated carbocycles. The van der Waals surface area contributed by atoms with Crippen molar-refractivity contribution < 1.29 is 4.79 Å². The van der Waals surface area contributed by atoms with E-state index in [9.17, 15) is 9.59 Å². The Morgan fingerprint density at radius 1 is 1.41 bits per heavy atom. The van der Waals surface area contributed by atoms with Gasteiger partial charge < -0.3 is 5.32 Å². The molecule has 0 atom stereocenters. The first-order chi connectivity index (χ1) is 10.7. The monoisotopic (exact) mass is 317 g/mol. The molecule has 0 spiro atoms. The molecule has 3 heterocycles. The Labute approximate surface area is 130 Å². The molecule has 0 aliphatic heterocycles. The maximum Gasteiger partial charge on any atom is 0.272 e. The number of nitrogens with one attached hydrogen (secondary N) is 1. The number of hydrogen-bond acceptors (Lipinski definition) is 5. The second-order valence-corrected chi connectivity index (χ2v) is 5.66. The van der Waals surface area contributed by atoms with Gasteiger partial charge >= 0.3 is 0 Å². The normalized spacial score (nSPS) is 11.0. The summed E-state index contributed by atoms with van der Waals surface area (Å²) in [5, 5.41) is 8.79. The van der Waals surface area contributed by atoms with Crippen LogP contribution in [-0.4, -0.2) is 25.1 Å². The zero-order valence-corrected chi connectivity index (χ0v) is 12.8. The number of fused-ring (bicyclic) bond motifs is 1. The number of amides is 1. The summed E-state index contributed by atoms with van der Waals surface area (Å²) in [5.74, 6) is -0.318. The third-order valence-electron chi connectivity index (χ3n) is 3.11. The Kier molecular flexibility index (Phi) is 4.01. The van der Waals surface area contributed by atoms with E-state index in [0.29, 0.717) is 13.1 Å². The Morgan fingerprint density at radius 3 is 3.05 bits per heavy atom. The van der Waals surface area contributed by atoms with Crippen LogP contribution in [-0.2, 0) is 13.1 Å². The second kappa shape index (κ2) is 6.10. The number of rotatable bonds is 5. The van der Waals surface area contributed by atoms with Crippen molar-refractivity contribution >= 4 is 22.2 Å². The molecule has 22 heavy (non-hydrogen) atoms. The van der Waals surface area contributed by atoms with Crippen molar-refractivity contribution in [2.24, 2.45) is 0 Å². The lowest BCUT2D eigenvalue weighted by Gasteiger charge is -2.06. The average molecular weight is 317 g/mol. The Bertz CT molecular complexity index is 835. The van der Waals surface area contributed by atoms with E-state index < -0.39 is 0 Å². The number of thiazole rings is 1. The van der Waals surface area contributed by atoms with Crippen molar-refractivity contribution in [3.8, 4) is 0 Å². The average Bonchev–Trinajstić information content (AvgIpc) is 3.08. The number of aryl methyl sites for hydroxylation is 1. The summed E-state index contributed by atoms with van der Waals surface area (Å²) in [4.78, 5) is 29.0. The van der Waals surface area contributed by atoms with Crippen LogP contribution in [0.2, 0.25) is 0 Å². The van der Waals surface area contributed by atoms with Crippen LogP contribution < -0.4 is 10.9 Å². The predicted molar refractivity (Wildman–Crippen MR) is 83.0 cm³/mol. The first-order valence-corrected chi connectivity index (χ1v) is 7.83. The summed E-state index contributed by atoms with van der Waals surface area (Å²) >= 11 is 1.54. The highest BCUT2D eigenvalue weighted by Crippen LogP contribution is 2.11. The van der Waals surface area contributed by atoms with Gasteiger partial charge in [-0.15, -0.1) is 11.3 Å². The summed E-state index contributed by atoms with van der Waals surface area (Å²) in [5.41, 5.74) is 0.809. The minimum absolute atomic E-state index is 0.201. The van der Waals surface area contributed by atoms with Crippen molar-refractivity contribution in [2.45, 2.75) is 26.4 Å². The highest BCUT2D eigenvalue weighted by atomic mass is 32.1. The van der Waals surface area contributed by atoms with Crippen molar-refractivity contribution in [2.75, 3.05) is 0 Å². The topological polar surface area (TPSA) is 81.3 Å². The summed E-state index contributed by atoms with van der Waals surface area (Å²) in [6.45, 7) is 2.77. The molecule has 7 nitrogen and oxygen atoms in total. The van der Waals surface area contributed by atoms with E-state index in [1.165, 1.54) is 28.2 Å². The molecule has 0 bridgehead atoms. The van der Waals surface area contributed by atoms with Gasteiger partial charge in [0.25, 0.3) is 11.5 Å². The third-order valence-corrected chi connectivity index (χ3v) is 3.88. The molecule has 0 unspecified atom stereocenters. The van der Waals surface area contributed by atoms with Gasteiger partial charge in [-0.1, -0.05) is 6.92 Å². The lowest BCUT2D eigenvalue weighted by Crippen LogP contribution is -2.29.